The van der Waals surface area contributed by atoms with Gasteiger partial charge in [-0.25, -0.2) is 0 Å². The number of benzene rings is 1. The van der Waals surface area contributed by atoms with Crippen molar-refractivity contribution in [3.8, 4) is 0 Å². The van der Waals surface area contributed by atoms with Crippen molar-refractivity contribution in [3.63, 3.8) is 0 Å². The lowest BCUT2D eigenvalue weighted by Gasteiger charge is -2.19. The first-order valence-corrected chi connectivity index (χ1v) is 7.47. The predicted octanol–water partition coefficient (Wildman–Crippen LogP) is 3.80. The highest BCUT2D eigenvalue weighted by Gasteiger charge is 2.11. The summed E-state index contributed by atoms with van der Waals surface area (Å²) in [6, 6.07) is 14.6. The molecule has 2 aromatic rings. The van der Waals surface area contributed by atoms with Crippen LogP contribution in [0.5, 0.6) is 0 Å². The lowest BCUT2D eigenvalue weighted by molar-refractivity contribution is 0.280. The maximum absolute atomic E-state index is 5.88. The third-order valence-electron chi connectivity index (χ3n) is 3.23. The Hall–Kier alpha value is -1.58. The molecule has 0 atom stereocenters. The van der Waals surface area contributed by atoms with Gasteiger partial charge in [0.1, 0.15) is 11.5 Å². The SMILES string of the molecule is CN(Cc1ccccc1)Cc1ccc(CNC(C)(C)C)o1. The second-order valence-corrected chi connectivity index (χ2v) is 6.63. The molecule has 1 N–H and O–H groups in total. The van der Waals surface area contributed by atoms with Crippen molar-refractivity contribution in [3.05, 3.63) is 59.5 Å². The molecule has 0 fully saturated rings. The van der Waals surface area contributed by atoms with E-state index in [-0.39, 0.29) is 5.54 Å². The lowest BCUT2D eigenvalue weighted by Crippen LogP contribution is -2.34. The molecule has 0 aliphatic rings. The van der Waals surface area contributed by atoms with Crippen LogP contribution in [0.4, 0.5) is 0 Å². The second-order valence-electron chi connectivity index (χ2n) is 6.63. The standard InChI is InChI=1S/C18H26N2O/c1-18(2,3)19-12-16-10-11-17(21-16)14-20(4)13-15-8-6-5-7-9-15/h5-11,19H,12-14H2,1-4H3. The van der Waals surface area contributed by atoms with Crippen LogP contribution in [0.2, 0.25) is 0 Å². The zero-order valence-electron chi connectivity index (χ0n) is 13.5. The number of rotatable bonds is 6. The Morgan fingerprint density at radius 3 is 2.29 bits per heavy atom. The first-order valence-electron chi connectivity index (χ1n) is 7.47. The van der Waals surface area contributed by atoms with Gasteiger partial charge in [-0.2, -0.15) is 0 Å². The second kappa shape index (κ2) is 6.92. The van der Waals surface area contributed by atoms with E-state index in [2.05, 4.69) is 74.4 Å². The third kappa shape index (κ3) is 5.74. The summed E-state index contributed by atoms with van der Waals surface area (Å²) < 4.78 is 5.88. The van der Waals surface area contributed by atoms with Gasteiger partial charge in [0.05, 0.1) is 13.1 Å². The van der Waals surface area contributed by atoms with E-state index >= 15 is 0 Å². The van der Waals surface area contributed by atoms with Gasteiger partial charge in [-0.3, -0.25) is 4.90 Å². The number of hydrogen-bond acceptors (Lipinski definition) is 3. The molecule has 0 radical (unpaired) electrons. The first-order chi connectivity index (χ1) is 9.92. The lowest BCUT2D eigenvalue weighted by atomic mass is 10.1. The van der Waals surface area contributed by atoms with E-state index in [1.807, 2.05) is 6.07 Å². The quantitative estimate of drug-likeness (QED) is 0.875. The van der Waals surface area contributed by atoms with E-state index in [0.717, 1.165) is 31.2 Å². The molecule has 0 saturated heterocycles. The molecule has 0 bridgehead atoms. The molecule has 0 aliphatic carbocycles. The molecule has 3 nitrogen and oxygen atoms in total. The topological polar surface area (TPSA) is 28.4 Å². The Balaban J connectivity index is 1.84. The molecule has 0 amide bonds. The van der Waals surface area contributed by atoms with Gasteiger partial charge in [-0.05, 0) is 45.5 Å². The smallest absolute Gasteiger partial charge is 0.118 e. The van der Waals surface area contributed by atoms with Gasteiger partial charge in [0.15, 0.2) is 0 Å². The van der Waals surface area contributed by atoms with Gasteiger partial charge in [0.25, 0.3) is 0 Å². The summed E-state index contributed by atoms with van der Waals surface area (Å²) in [4.78, 5) is 2.26. The van der Waals surface area contributed by atoms with Crippen LogP contribution in [0.1, 0.15) is 37.9 Å². The van der Waals surface area contributed by atoms with Gasteiger partial charge >= 0.3 is 0 Å². The van der Waals surface area contributed by atoms with Gasteiger partial charge in [-0.1, -0.05) is 30.3 Å². The fraction of sp³-hybridized carbons (Fsp3) is 0.444. The summed E-state index contributed by atoms with van der Waals surface area (Å²) in [6.45, 7) is 8.99. The van der Waals surface area contributed by atoms with Gasteiger partial charge in [0.2, 0.25) is 0 Å². The maximum Gasteiger partial charge on any atom is 0.118 e. The Morgan fingerprint density at radius 2 is 1.62 bits per heavy atom. The van der Waals surface area contributed by atoms with Crippen LogP contribution >= 0.6 is 0 Å². The average molecular weight is 286 g/mol. The maximum atomic E-state index is 5.88. The van der Waals surface area contributed by atoms with Crippen LogP contribution < -0.4 is 5.32 Å². The van der Waals surface area contributed by atoms with Crippen molar-refractivity contribution in [1.29, 1.82) is 0 Å². The molecule has 21 heavy (non-hydrogen) atoms. The summed E-state index contributed by atoms with van der Waals surface area (Å²) in [6.07, 6.45) is 0. The Kier molecular flexibility index (Phi) is 5.21. The fourth-order valence-corrected chi connectivity index (χ4v) is 2.17. The number of nitrogens with zero attached hydrogens (tertiary/aromatic N) is 1. The van der Waals surface area contributed by atoms with Gasteiger partial charge < -0.3 is 9.73 Å². The highest BCUT2D eigenvalue weighted by Crippen LogP contribution is 2.13. The Morgan fingerprint density at radius 1 is 0.952 bits per heavy atom. The van der Waals surface area contributed by atoms with E-state index in [1.54, 1.807) is 0 Å². The molecule has 0 saturated carbocycles. The number of hydrogen-bond donors (Lipinski definition) is 1. The van der Waals surface area contributed by atoms with Gasteiger partial charge in [-0.15, -0.1) is 0 Å². The van der Waals surface area contributed by atoms with Crippen LogP contribution in [-0.2, 0) is 19.6 Å². The van der Waals surface area contributed by atoms with E-state index in [9.17, 15) is 0 Å². The molecule has 1 heterocycles. The van der Waals surface area contributed by atoms with Crippen LogP contribution in [0.3, 0.4) is 0 Å². The molecule has 114 valence electrons. The molecule has 0 aliphatic heterocycles. The normalized spacial score (nSPS) is 12.0. The first kappa shape index (κ1) is 15.8. The minimum absolute atomic E-state index is 0.108. The van der Waals surface area contributed by atoms with Crippen molar-refractivity contribution >= 4 is 0 Å². The fourth-order valence-electron chi connectivity index (χ4n) is 2.17. The van der Waals surface area contributed by atoms with Crippen molar-refractivity contribution in [2.24, 2.45) is 0 Å². The zero-order valence-corrected chi connectivity index (χ0v) is 13.5. The summed E-state index contributed by atoms with van der Waals surface area (Å²) in [5.74, 6) is 2.01. The molecule has 2 rings (SSSR count). The van der Waals surface area contributed by atoms with Crippen LogP contribution in [0, 0.1) is 0 Å². The predicted molar refractivity (Wildman–Crippen MR) is 86.9 cm³/mol. The van der Waals surface area contributed by atoms with Crippen LogP contribution in [0.15, 0.2) is 46.9 Å². The van der Waals surface area contributed by atoms with Crippen LogP contribution in [0.25, 0.3) is 0 Å². The van der Waals surface area contributed by atoms with Crippen molar-refractivity contribution in [2.45, 2.75) is 45.9 Å². The summed E-state index contributed by atoms with van der Waals surface area (Å²) in [5, 5.41) is 3.44. The highest BCUT2D eigenvalue weighted by molar-refractivity contribution is 5.14. The van der Waals surface area contributed by atoms with E-state index < -0.39 is 0 Å². The van der Waals surface area contributed by atoms with E-state index in [4.69, 9.17) is 4.42 Å². The van der Waals surface area contributed by atoms with Crippen LogP contribution in [-0.4, -0.2) is 17.5 Å². The van der Waals surface area contributed by atoms with Crippen molar-refractivity contribution in [2.75, 3.05) is 7.05 Å². The minimum Gasteiger partial charge on any atom is -0.463 e. The molecule has 0 unspecified atom stereocenters. The summed E-state index contributed by atoms with van der Waals surface area (Å²) in [5.41, 5.74) is 1.43. The monoisotopic (exact) mass is 286 g/mol. The summed E-state index contributed by atoms with van der Waals surface area (Å²) in [7, 11) is 2.11. The Bertz CT molecular complexity index is 540. The van der Waals surface area contributed by atoms with Crippen molar-refractivity contribution < 1.29 is 4.42 Å². The number of furan rings is 1. The molecule has 1 aromatic carbocycles. The minimum atomic E-state index is 0.108. The molecule has 0 spiro atoms. The number of nitrogens with one attached hydrogen (secondary N) is 1. The molecular weight excluding hydrogens is 260 g/mol. The highest BCUT2D eigenvalue weighted by atomic mass is 16.3. The molecule has 3 heteroatoms. The molecule has 1 aromatic heterocycles. The largest absolute Gasteiger partial charge is 0.463 e. The third-order valence-corrected chi connectivity index (χ3v) is 3.23. The van der Waals surface area contributed by atoms with Crippen molar-refractivity contribution in [1.82, 2.24) is 10.2 Å². The van der Waals surface area contributed by atoms with E-state index in [0.29, 0.717) is 0 Å². The zero-order chi connectivity index (χ0) is 15.3. The Labute approximate surface area is 128 Å². The summed E-state index contributed by atoms with van der Waals surface area (Å²) >= 11 is 0. The van der Waals surface area contributed by atoms with E-state index in [1.165, 1.54) is 5.56 Å². The molecular formula is C18H26N2O. The van der Waals surface area contributed by atoms with Gasteiger partial charge in [0, 0.05) is 12.1 Å². The average Bonchev–Trinajstić information content (AvgIpc) is 2.84.